The van der Waals surface area contributed by atoms with Gasteiger partial charge in [-0.1, -0.05) is 18.2 Å². The van der Waals surface area contributed by atoms with Crippen LogP contribution in [0.5, 0.6) is 6.01 Å². The Bertz CT molecular complexity index is 1610. The average Bonchev–Trinajstić information content (AvgIpc) is 3.62. The molecule has 6 rings (SSSR count). The van der Waals surface area contributed by atoms with Crippen molar-refractivity contribution in [1.82, 2.24) is 34.7 Å². The Morgan fingerprint density at radius 3 is 2.57 bits per heavy atom. The molecule has 2 aliphatic heterocycles. The van der Waals surface area contributed by atoms with Gasteiger partial charge in [-0.15, -0.1) is 0 Å². The molecule has 0 aliphatic carbocycles. The minimum atomic E-state index is -0.582. The number of nitrogens with zero attached hydrogens (tertiary/aromatic N) is 7. The number of hydrogen-bond donors (Lipinski definition) is 0. The second-order valence-electron chi connectivity index (χ2n) is 12.0. The molecule has 11 nitrogen and oxygen atoms in total. The number of pyridine rings is 1. The second-order valence-corrected chi connectivity index (χ2v) is 12.0. The van der Waals surface area contributed by atoms with Crippen LogP contribution in [-0.2, 0) is 20.8 Å². The van der Waals surface area contributed by atoms with Gasteiger partial charge >= 0.3 is 6.01 Å². The first kappa shape index (κ1) is 31.9. The smallest absolute Gasteiger partial charge is 0.316 e. The van der Waals surface area contributed by atoms with E-state index in [2.05, 4.69) is 26.9 Å². The van der Waals surface area contributed by atoms with Crippen molar-refractivity contribution in [1.29, 1.82) is 0 Å². The summed E-state index contributed by atoms with van der Waals surface area (Å²) in [6, 6.07) is 13.2. The van der Waals surface area contributed by atoms with Crippen LogP contribution < -0.4 is 4.74 Å². The first-order chi connectivity index (χ1) is 22.4. The van der Waals surface area contributed by atoms with Gasteiger partial charge in [0.25, 0.3) is 0 Å². The molecule has 0 N–H and O–H groups in total. The van der Waals surface area contributed by atoms with Crippen molar-refractivity contribution >= 4 is 5.78 Å². The van der Waals surface area contributed by atoms with Crippen LogP contribution in [0.15, 0.2) is 61.1 Å². The number of para-hydroxylation sites is 1. The second kappa shape index (κ2) is 14.5. The van der Waals surface area contributed by atoms with Crippen molar-refractivity contribution in [3.63, 3.8) is 0 Å². The molecule has 1 aromatic carbocycles. The van der Waals surface area contributed by atoms with E-state index in [4.69, 9.17) is 19.4 Å². The van der Waals surface area contributed by atoms with Crippen molar-refractivity contribution in [2.24, 2.45) is 5.92 Å². The van der Waals surface area contributed by atoms with Crippen LogP contribution in [-0.4, -0.2) is 93.5 Å². The van der Waals surface area contributed by atoms with Gasteiger partial charge in [-0.3, -0.25) is 9.63 Å². The first-order valence-electron chi connectivity index (χ1n) is 15.7. The summed E-state index contributed by atoms with van der Waals surface area (Å²) < 4.78 is 27.1. The summed E-state index contributed by atoms with van der Waals surface area (Å²) >= 11 is 0. The maximum absolute atomic E-state index is 14.0. The van der Waals surface area contributed by atoms with Gasteiger partial charge in [0.1, 0.15) is 18.0 Å². The Labute approximate surface area is 268 Å². The summed E-state index contributed by atoms with van der Waals surface area (Å²) in [6.45, 7) is 5.49. The van der Waals surface area contributed by atoms with Crippen LogP contribution >= 0.6 is 0 Å². The van der Waals surface area contributed by atoms with Crippen LogP contribution in [0.3, 0.4) is 0 Å². The van der Waals surface area contributed by atoms with E-state index in [1.165, 1.54) is 12.3 Å². The molecule has 0 saturated carbocycles. The number of ether oxygens (including phenoxy) is 2. The highest BCUT2D eigenvalue weighted by Gasteiger charge is 2.37. The van der Waals surface area contributed by atoms with Gasteiger partial charge in [0, 0.05) is 76.2 Å². The highest BCUT2D eigenvalue weighted by atomic mass is 19.1. The number of piperidine rings is 1. The Hall–Kier alpha value is -4.10. The molecule has 0 bridgehead atoms. The van der Waals surface area contributed by atoms with Crippen molar-refractivity contribution < 1.29 is 23.5 Å². The van der Waals surface area contributed by atoms with E-state index >= 15 is 0 Å². The van der Waals surface area contributed by atoms with Gasteiger partial charge in [-0.25, -0.2) is 19.6 Å². The Kier molecular flexibility index (Phi) is 10.1. The molecular weight excluding hydrogens is 589 g/mol. The minimum absolute atomic E-state index is 0.0339. The van der Waals surface area contributed by atoms with Gasteiger partial charge in [-0.05, 0) is 62.2 Å². The molecule has 0 unspecified atom stereocenters. The number of ketones is 1. The predicted octanol–water partition coefficient (Wildman–Crippen LogP) is 4.40. The van der Waals surface area contributed by atoms with Crippen LogP contribution in [0, 0.1) is 18.8 Å². The quantitative estimate of drug-likeness (QED) is 0.209. The molecule has 3 aromatic heterocycles. The summed E-state index contributed by atoms with van der Waals surface area (Å²) in [5.74, 6) is -0.724. The number of rotatable bonds is 12. The lowest BCUT2D eigenvalue weighted by atomic mass is 9.91. The van der Waals surface area contributed by atoms with Gasteiger partial charge < -0.3 is 14.4 Å². The lowest BCUT2D eigenvalue weighted by molar-refractivity contribution is -0.155. The van der Waals surface area contributed by atoms with Gasteiger partial charge in [0.05, 0.1) is 23.7 Å². The van der Waals surface area contributed by atoms with E-state index in [9.17, 15) is 9.18 Å². The third kappa shape index (κ3) is 7.47. The predicted molar refractivity (Wildman–Crippen MR) is 169 cm³/mol. The van der Waals surface area contributed by atoms with Crippen LogP contribution in [0.4, 0.5) is 4.39 Å². The first-order valence-corrected chi connectivity index (χ1v) is 15.7. The summed E-state index contributed by atoms with van der Waals surface area (Å²) in [7, 11) is 3.74. The zero-order valence-corrected chi connectivity index (χ0v) is 26.5. The zero-order chi connectivity index (χ0) is 32.0. The summed E-state index contributed by atoms with van der Waals surface area (Å²) in [6.07, 6.45) is 6.82. The Morgan fingerprint density at radius 2 is 1.85 bits per heavy atom. The van der Waals surface area contributed by atoms with E-state index < -0.39 is 12.1 Å². The molecule has 46 heavy (non-hydrogen) atoms. The molecule has 5 heterocycles. The largest absolute Gasteiger partial charge is 0.460 e. The molecule has 0 radical (unpaired) electrons. The highest BCUT2D eigenvalue weighted by molar-refractivity contribution is 5.82. The number of hydroxylamine groups is 2. The number of halogens is 1. The standard InChI is InChI=1S/C34H40FN7O4/c1-23-30(19-28(43)17-25-22-41(15-16-44-3)46-33(25)24-9-12-36-31(35)18-24)42(27-7-5-4-6-8-27)39-32(23)26-20-37-34(38-21-26)45-29-10-13-40(2)14-11-29/h4-9,12,18,20-21,25,29,33H,10-11,13-17,19,22H2,1-3H3/t25-,33+/m1/s1. The molecule has 4 aromatic rings. The van der Waals surface area contributed by atoms with Crippen LogP contribution in [0.2, 0.25) is 0 Å². The van der Waals surface area contributed by atoms with E-state index in [-0.39, 0.29) is 30.6 Å². The molecule has 2 aliphatic rings. The molecule has 2 atom stereocenters. The molecule has 242 valence electrons. The van der Waals surface area contributed by atoms with Gasteiger partial charge in [0.2, 0.25) is 5.95 Å². The number of benzene rings is 1. The zero-order valence-electron chi connectivity index (χ0n) is 26.5. The average molecular weight is 630 g/mol. The molecule has 2 fully saturated rings. The number of Topliss-reactive ketones (excluding diaryl/α,β-unsaturated/α-hetero) is 1. The van der Waals surface area contributed by atoms with E-state index in [1.54, 1.807) is 30.6 Å². The van der Waals surface area contributed by atoms with Crippen molar-refractivity contribution in [3.05, 3.63) is 83.8 Å². The topological polar surface area (TPSA) is 108 Å². The summed E-state index contributed by atoms with van der Waals surface area (Å²) in [5.41, 5.74) is 4.62. The van der Waals surface area contributed by atoms with Crippen molar-refractivity contribution in [2.75, 3.05) is 46.9 Å². The van der Waals surface area contributed by atoms with Crippen molar-refractivity contribution in [2.45, 2.75) is 44.8 Å². The normalized spacial score (nSPS) is 19.5. The monoisotopic (exact) mass is 629 g/mol. The van der Waals surface area contributed by atoms with E-state index in [1.807, 2.05) is 41.9 Å². The number of likely N-dealkylation sites (tertiary alicyclic amines) is 1. The number of hydrogen-bond acceptors (Lipinski definition) is 10. The number of aromatic nitrogens is 5. The maximum Gasteiger partial charge on any atom is 0.316 e. The fourth-order valence-corrected chi connectivity index (χ4v) is 6.18. The summed E-state index contributed by atoms with van der Waals surface area (Å²) in [4.78, 5) is 34.9. The van der Waals surface area contributed by atoms with Crippen LogP contribution in [0.1, 0.15) is 42.2 Å². The number of methoxy groups -OCH3 is 1. The number of carbonyl (C=O) groups excluding carboxylic acids is 1. The summed E-state index contributed by atoms with van der Waals surface area (Å²) in [5, 5.41) is 6.74. The maximum atomic E-state index is 14.0. The highest BCUT2D eigenvalue weighted by Crippen LogP contribution is 2.37. The Morgan fingerprint density at radius 1 is 1.09 bits per heavy atom. The SMILES string of the molecule is COCCN1C[C@@H](CC(=O)Cc2c(C)c(-c3cnc(OC4CCN(C)CC4)nc3)nn2-c2ccccc2)[C@H](c2ccnc(F)c2)O1. The van der Waals surface area contributed by atoms with Gasteiger partial charge in [-0.2, -0.15) is 14.6 Å². The molecule has 2 saturated heterocycles. The molecule has 0 spiro atoms. The van der Waals surface area contributed by atoms with E-state index in [0.717, 1.165) is 48.4 Å². The fraction of sp³-hybridized carbons (Fsp3) is 0.441. The lowest BCUT2D eigenvalue weighted by Crippen LogP contribution is -2.35. The lowest BCUT2D eigenvalue weighted by Gasteiger charge is -2.28. The third-order valence-electron chi connectivity index (χ3n) is 8.69. The Balaban J connectivity index is 1.22. The third-order valence-corrected chi connectivity index (χ3v) is 8.69. The van der Waals surface area contributed by atoms with Gasteiger partial charge in [0.15, 0.2) is 0 Å². The fourth-order valence-electron chi connectivity index (χ4n) is 6.18. The van der Waals surface area contributed by atoms with Crippen LogP contribution in [0.25, 0.3) is 16.9 Å². The number of carbonyl (C=O) groups is 1. The molecule has 12 heteroatoms. The minimum Gasteiger partial charge on any atom is -0.460 e. The van der Waals surface area contributed by atoms with E-state index in [0.29, 0.717) is 37.0 Å². The van der Waals surface area contributed by atoms with Crippen molar-refractivity contribution in [3.8, 4) is 23.0 Å². The molecular formula is C34H40FN7O4. The molecule has 0 amide bonds.